The summed E-state index contributed by atoms with van der Waals surface area (Å²) in [6.45, 7) is 7.87. The summed E-state index contributed by atoms with van der Waals surface area (Å²) in [6, 6.07) is 1.55. The maximum absolute atomic E-state index is 15.3. The van der Waals surface area contributed by atoms with E-state index in [4.69, 9.17) is 11.6 Å². The first-order valence-corrected chi connectivity index (χ1v) is 15.3. The number of hydrogen-bond donors (Lipinski definition) is 0. The van der Waals surface area contributed by atoms with Crippen LogP contribution in [0.15, 0.2) is 40.5 Å². The van der Waals surface area contributed by atoms with Gasteiger partial charge in [0.15, 0.2) is 0 Å². The van der Waals surface area contributed by atoms with Gasteiger partial charge in [-0.25, -0.2) is 13.6 Å². The van der Waals surface area contributed by atoms with Crippen molar-refractivity contribution in [3.05, 3.63) is 63.6 Å². The van der Waals surface area contributed by atoms with Crippen LogP contribution < -0.4 is 10.6 Å². The topological polar surface area (TPSA) is 58.4 Å². The Morgan fingerprint density at radius 2 is 1.81 bits per heavy atom. The van der Waals surface area contributed by atoms with Crippen LogP contribution in [0, 0.1) is 17.0 Å². The second-order valence-electron chi connectivity index (χ2n) is 11.8. The van der Waals surface area contributed by atoms with Crippen LogP contribution in [0.25, 0.3) is 22.0 Å². The summed E-state index contributed by atoms with van der Waals surface area (Å²) in [4.78, 5) is 34.0. The first-order chi connectivity index (χ1) is 20.2. The summed E-state index contributed by atoms with van der Waals surface area (Å²) in [5.41, 5.74) is -2.82. The number of hydrogen-bond acceptors (Lipinski definition) is 5. The molecule has 2 aliphatic heterocycles. The number of alkyl halides is 3. The Hall–Kier alpha value is -3.12. The molecule has 2 fully saturated rings. The zero-order valence-electron chi connectivity index (χ0n) is 23.4. The van der Waals surface area contributed by atoms with Crippen LogP contribution in [0.4, 0.5) is 27.8 Å². The van der Waals surface area contributed by atoms with Crippen LogP contribution in [-0.2, 0) is 17.5 Å². The number of amides is 1. The van der Waals surface area contributed by atoms with Crippen molar-refractivity contribution in [3.63, 3.8) is 0 Å². The lowest BCUT2D eigenvalue weighted by molar-refractivity contribution is -0.137. The lowest BCUT2D eigenvalue weighted by atomic mass is 9.70. The largest absolute Gasteiger partial charge is 0.417 e. The standard InChI is InChI=1S/C30H28ClF5N4O2S/c1-4-23(41)40-15(2)11-38(12-16(40)3)27-18-8-19(30(34,35)36)24(17-9-20(31)22(33)10-21(17)32)26-25(18)39(28(42)37-27)13-29(14-43-26)6-5-7-29/h4,8-10,15-16H,1,5-7,11-14H2,2-3H3. The fourth-order valence-corrected chi connectivity index (χ4v) is 8.46. The molecule has 3 aliphatic rings. The highest BCUT2D eigenvalue weighted by Crippen LogP contribution is 2.54. The van der Waals surface area contributed by atoms with Gasteiger partial charge in [0.25, 0.3) is 0 Å². The molecule has 3 heterocycles. The van der Waals surface area contributed by atoms with Crippen molar-refractivity contribution in [2.45, 2.75) is 62.8 Å². The molecule has 1 saturated heterocycles. The summed E-state index contributed by atoms with van der Waals surface area (Å²) in [7, 11) is 0. The molecule has 43 heavy (non-hydrogen) atoms. The molecular weight excluding hydrogens is 611 g/mol. The van der Waals surface area contributed by atoms with Crippen molar-refractivity contribution >= 4 is 46.0 Å². The molecular formula is C30H28ClF5N4O2S. The monoisotopic (exact) mass is 638 g/mol. The second-order valence-corrected chi connectivity index (χ2v) is 13.2. The van der Waals surface area contributed by atoms with Gasteiger partial charge in [-0.15, -0.1) is 11.8 Å². The third-order valence-electron chi connectivity index (χ3n) is 8.86. The molecule has 2 unspecified atom stereocenters. The van der Waals surface area contributed by atoms with Gasteiger partial charge in [0.2, 0.25) is 5.91 Å². The first-order valence-electron chi connectivity index (χ1n) is 13.9. The molecule has 2 atom stereocenters. The Balaban J connectivity index is 1.66. The lowest BCUT2D eigenvalue weighted by Crippen LogP contribution is -2.58. The fourth-order valence-electron chi connectivity index (χ4n) is 6.75. The molecule has 0 N–H and O–H groups in total. The highest BCUT2D eigenvalue weighted by molar-refractivity contribution is 7.99. The molecule has 2 aromatic carbocycles. The number of piperazine rings is 1. The zero-order chi connectivity index (χ0) is 31.0. The Bertz CT molecular complexity index is 1730. The van der Waals surface area contributed by atoms with Crippen LogP contribution in [0.1, 0.15) is 38.7 Å². The predicted octanol–water partition coefficient (Wildman–Crippen LogP) is 6.90. The first kappa shape index (κ1) is 29.9. The van der Waals surface area contributed by atoms with Gasteiger partial charge in [0.05, 0.1) is 16.1 Å². The van der Waals surface area contributed by atoms with Crippen molar-refractivity contribution in [3.8, 4) is 11.1 Å². The number of halogens is 6. The van der Waals surface area contributed by atoms with E-state index in [1.165, 1.54) is 10.6 Å². The van der Waals surface area contributed by atoms with Crippen molar-refractivity contribution in [1.29, 1.82) is 0 Å². The van der Waals surface area contributed by atoms with Crippen LogP contribution in [0.3, 0.4) is 0 Å². The average molecular weight is 639 g/mol. The molecule has 6 nitrogen and oxygen atoms in total. The van der Waals surface area contributed by atoms with E-state index in [9.17, 15) is 27.2 Å². The van der Waals surface area contributed by atoms with Gasteiger partial charge in [-0.05, 0) is 50.3 Å². The van der Waals surface area contributed by atoms with Gasteiger partial charge >= 0.3 is 11.9 Å². The van der Waals surface area contributed by atoms with Crippen molar-refractivity contribution in [2.75, 3.05) is 23.7 Å². The molecule has 1 amide bonds. The SMILES string of the molecule is C=CC(=O)N1C(C)CN(c2nc(=O)n3c4c(c(-c5cc(Cl)c(F)cc5F)c(C(F)(F)F)cc24)SCC2(CCC2)C3)CC1C. The molecule has 1 aromatic heterocycles. The summed E-state index contributed by atoms with van der Waals surface area (Å²) in [5, 5.41) is -0.417. The number of anilines is 1. The van der Waals surface area contributed by atoms with E-state index >= 15 is 4.39 Å². The van der Waals surface area contributed by atoms with Gasteiger partial charge in [-0.1, -0.05) is 24.6 Å². The molecule has 6 rings (SSSR count). The number of benzene rings is 2. The highest BCUT2D eigenvalue weighted by atomic mass is 35.5. The number of aromatic nitrogens is 2. The predicted molar refractivity (Wildman–Crippen MR) is 157 cm³/mol. The maximum Gasteiger partial charge on any atom is 0.417 e. The van der Waals surface area contributed by atoms with E-state index in [-0.39, 0.29) is 64.7 Å². The summed E-state index contributed by atoms with van der Waals surface area (Å²) in [6.07, 6.45) is -1.23. The average Bonchev–Trinajstić information content (AvgIpc) is 3.10. The Kier molecular flexibility index (Phi) is 7.31. The van der Waals surface area contributed by atoms with E-state index in [1.54, 1.807) is 9.80 Å². The smallest absolute Gasteiger partial charge is 0.352 e. The van der Waals surface area contributed by atoms with Gasteiger partial charge in [0.1, 0.15) is 17.5 Å². The normalized spacial score (nSPS) is 21.6. The number of carbonyl (C=O) groups is 1. The fraction of sp³-hybridized carbons (Fsp3) is 0.433. The number of carbonyl (C=O) groups excluding carboxylic acids is 1. The minimum Gasteiger partial charge on any atom is -0.352 e. The van der Waals surface area contributed by atoms with E-state index in [2.05, 4.69) is 11.6 Å². The van der Waals surface area contributed by atoms with Crippen LogP contribution in [-0.4, -0.2) is 51.3 Å². The Labute approximate surface area is 253 Å². The molecule has 1 spiro atoms. The van der Waals surface area contributed by atoms with Gasteiger partial charge < -0.3 is 9.80 Å². The van der Waals surface area contributed by atoms with Crippen molar-refractivity contribution in [1.82, 2.24) is 14.5 Å². The Morgan fingerprint density at radius 1 is 1.14 bits per heavy atom. The number of nitrogens with zero attached hydrogens (tertiary/aromatic N) is 4. The van der Waals surface area contributed by atoms with Crippen LogP contribution >= 0.6 is 23.4 Å². The number of thioether (sulfide) groups is 1. The molecule has 0 radical (unpaired) electrons. The van der Waals surface area contributed by atoms with E-state index < -0.39 is 45.2 Å². The van der Waals surface area contributed by atoms with Gasteiger partial charge in [0, 0.05) is 64.9 Å². The van der Waals surface area contributed by atoms with Crippen LogP contribution in [0.5, 0.6) is 0 Å². The minimum atomic E-state index is -4.94. The lowest BCUT2D eigenvalue weighted by Gasteiger charge is -2.45. The third kappa shape index (κ3) is 4.90. The quantitative estimate of drug-likeness (QED) is 0.177. The van der Waals surface area contributed by atoms with E-state index in [0.717, 1.165) is 43.2 Å². The highest BCUT2D eigenvalue weighted by Gasteiger charge is 2.44. The zero-order valence-corrected chi connectivity index (χ0v) is 25.0. The van der Waals surface area contributed by atoms with Gasteiger partial charge in [-0.3, -0.25) is 9.36 Å². The third-order valence-corrected chi connectivity index (χ3v) is 10.6. The molecule has 228 valence electrons. The summed E-state index contributed by atoms with van der Waals surface area (Å²) >= 11 is 7.11. The molecule has 13 heteroatoms. The van der Waals surface area contributed by atoms with E-state index in [0.29, 0.717) is 11.8 Å². The van der Waals surface area contributed by atoms with E-state index in [1.807, 2.05) is 13.8 Å². The summed E-state index contributed by atoms with van der Waals surface area (Å²) in [5.74, 6) is -2.07. The molecule has 1 aliphatic carbocycles. The molecule has 3 aromatic rings. The molecule has 1 saturated carbocycles. The van der Waals surface area contributed by atoms with Gasteiger partial charge in [-0.2, -0.15) is 18.2 Å². The van der Waals surface area contributed by atoms with Crippen molar-refractivity contribution < 1.29 is 26.7 Å². The van der Waals surface area contributed by atoms with Crippen LogP contribution in [0.2, 0.25) is 5.02 Å². The summed E-state index contributed by atoms with van der Waals surface area (Å²) < 4.78 is 75.6. The Morgan fingerprint density at radius 3 is 2.40 bits per heavy atom. The second kappa shape index (κ2) is 10.5. The van der Waals surface area contributed by atoms with Crippen molar-refractivity contribution in [2.24, 2.45) is 5.41 Å². The molecule has 0 bridgehead atoms. The number of rotatable bonds is 3. The maximum atomic E-state index is 15.3. The minimum absolute atomic E-state index is 0.0710.